The minimum absolute atomic E-state index is 0.0557. The van der Waals surface area contributed by atoms with Gasteiger partial charge in [0.1, 0.15) is 0 Å². The molecule has 1 aromatic carbocycles. The molecule has 10 nitrogen and oxygen atoms in total. The van der Waals surface area contributed by atoms with Crippen LogP contribution in [0.25, 0.3) is 0 Å². The first-order chi connectivity index (χ1) is 13.4. The Kier molecular flexibility index (Phi) is 5.97. The number of aromatic nitrogens is 2. The highest BCUT2D eigenvalue weighted by molar-refractivity contribution is 5.89. The average Bonchev–Trinajstić information content (AvgIpc) is 3.32. The highest BCUT2D eigenvalue weighted by atomic mass is 16.7. The van der Waals surface area contributed by atoms with Crippen molar-refractivity contribution in [1.29, 1.82) is 0 Å². The molecule has 0 unspecified atom stereocenters. The average molecular weight is 389 g/mol. The minimum atomic E-state index is -0.470. The molecule has 1 aromatic heterocycles. The quantitative estimate of drug-likeness (QED) is 0.733. The van der Waals surface area contributed by atoms with Crippen LogP contribution in [0, 0.1) is 0 Å². The van der Waals surface area contributed by atoms with E-state index in [-0.39, 0.29) is 31.3 Å². The number of ether oxygens (including phenoxy) is 2. The molecular weight excluding hydrogens is 366 g/mol. The first-order valence-corrected chi connectivity index (χ1v) is 8.93. The van der Waals surface area contributed by atoms with Crippen molar-refractivity contribution in [1.82, 2.24) is 25.7 Å². The molecule has 0 atom stereocenters. The number of hydrogen-bond donors (Lipinski definition) is 2. The van der Waals surface area contributed by atoms with E-state index in [0.29, 0.717) is 30.3 Å². The van der Waals surface area contributed by atoms with Gasteiger partial charge in [0.25, 0.3) is 0 Å². The number of nitrogens with one attached hydrogen (secondary N) is 2. The lowest BCUT2D eigenvalue weighted by atomic mass is 10.2. The lowest BCUT2D eigenvalue weighted by molar-refractivity contribution is 0.0907. The monoisotopic (exact) mass is 389 g/mol. The standard InChI is InChI=1S/C18H23N5O5/c1-11(2)20-18(25)23(3)7-6-15-21-17(28-22-15)16(24)19-9-12-4-5-13-14(8-12)27-10-26-13/h4-5,8,11H,6-7,9-10H2,1-3H3,(H,19,24)(H,20,25). The van der Waals surface area contributed by atoms with Gasteiger partial charge in [-0.2, -0.15) is 4.98 Å². The molecule has 10 heteroatoms. The van der Waals surface area contributed by atoms with E-state index in [1.807, 2.05) is 19.9 Å². The Morgan fingerprint density at radius 2 is 2.04 bits per heavy atom. The highest BCUT2D eigenvalue weighted by Crippen LogP contribution is 2.32. The Morgan fingerprint density at radius 1 is 1.25 bits per heavy atom. The highest BCUT2D eigenvalue weighted by Gasteiger charge is 2.17. The molecule has 0 bridgehead atoms. The maximum Gasteiger partial charge on any atom is 0.317 e. The Hall–Kier alpha value is -3.30. The molecule has 0 saturated carbocycles. The molecule has 2 aromatic rings. The van der Waals surface area contributed by atoms with E-state index in [0.717, 1.165) is 5.56 Å². The number of benzene rings is 1. The van der Waals surface area contributed by atoms with Crippen molar-refractivity contribution in [2.45, 2.75) is 32.9 Å². The van der Waals surface area contributed by atoms with E-state index in [4.69, 9.17) is 14.0 Å². The molecule has 3 amide bonds. The van der Waals surface area contributed by atoms with Gasteiger partial charge in [0.05, 0.1) is 0 Å². The molecular formula is C18H23N5O5. The second-order valence-corrected chi connectivity index (χ2v) is 6.66. The van der Waals surface area contributed by atoms with E-state index < -0.39 is 5.91 Å². The SMILES string of the molecule is CC(C)NC(=O)N(C)CCc1noc(C(=O)NCc2ccc3c(c2)OCO3)n1. The van der Waals surface area contributed by atoms with Gasteiger partial charge in [-0.1, -0.05) is 11.2 Å². The Labute approximate surface area is 162 Å². The number of fused-ring (bicyclic) bond motifs is 1. The summed E-state index contributed by atoms with van der Waals surface area (Å²) < 4.78 is 15.6. The van der Waals surface area contributed by atoms with Gasteiger partial charge in [0, 0.05) is 32.6 Å². The first-order valence-electron chi connectivity index (χ1n) is 8.93. The number of likely N-dealkylation sites (N-methyl/N-ethyl adjacent to an activating group) is 1. The van der Waals surface area contributed by atoms with Gasteiger partial charge in [-0.3, -0.25) is 4.79 Å². The van der Waals surface area contributed by atoms with Crippen molar-refractivity contribution in [3.05, 3.63) is 35.5 Å². The van der Waals surface area contributed by atoms with Gasteiger partial charge in [-0.25, -0.2) is 4.79 Å². The lowest BCUT2D eigenvalue weighted by Crippen LogP contribution is -2.41. The summed E-state index contributed by atoms with van der Waals surface area (Å²) in [7, 11) is 1.68. The van der Waals surface area contributed by atoms with Crippen molar-refractivity contribution >= 4 is 11.9 Å². The van der Waals surface area contributed by atoms with Crippen LogP contribution in [0.3, 0.4) is 0 Å². The molecule has 28 heavy (non-hydrogen) atoms. The number of hydrogen-bond acceptors (Lipinski definition) is 7. The lowest BCUT2D eigenvalue weighted by Gasteiger charge is -2.18. The molecule has 0 aliphatic carbocycles. The van der Waals surface area contributed by atoms with Crippen LogP contribution in [-0.2, 0) is 13.0 Å². The number of nitrogens with zero attached hydrogens (tertiary/aromatic N) is 3. The van der Waals surface area contributed by atoms with Crippen LogP contribution in [-0.4, -0.2) is 53.4 Å². The molecule has 150 valence electrons. The zero-order valence-corrected chi connectivity index (χ0v) is 16.0. The Morgan fingerprint density at radius 3 is 2.82 bits per heavy atom. The summed E-state index contributed by atoms with van der Waals surface area (Å²) in [5, 5.41) is 9.30. The fourth-order valence-electron chi connectivity index (χ4n) is 2.48. The fourth-order valence-corrected chi connectivity index (χ4v) is 2.48. The van der Waals surface area contributed by atoms with E-state index in [9.17, 15) is 9.59 Å². The zero-order chi connectivity index (χ0) is 20.1. The molecule has 1 aliphatic heterocycles. The molecule has 0 radical (unpaired) electrons. The third kappa shape index (κ3) is 4.90. The summed E-state index contributed by atoms with van der Waals surface area (Å²) in [5.74, 6) is 1.10. The summed E-state index contributed by atoms with van der Waals surface area (Å²) >= 11 is 0. The van der Waals surface area contributed by atoms with Crippen LogP contribution in [0.1, 0.15) is 35.9 Å². The topological polar surface area (TPSA) is 119 Å². The normalized spacial score (nSPS) is 12.1. The predicted molar refractivity (Wildman–Crippen MR) is 98.0 cm³/mol. The summed E-state index contributed by atoms with van der Waals surface area (Å²) in [6, 6.07) is 5.31. The van der Waals surface area contributed by atoms with Gasteiger partial charge >= 0.3 is 17.8 Å². The van der Waals surface area contributed by atoms with Crippen molar-refractivity contribution in [2.24, 2.45) is 0 Å². The molecule has 3 rings (SSSR count). The minimum Gasteiger partial charge on any atom is -0.454 e. The summed E-state index contributed by atoms with van der Waals surface area (Å²) in [6.07, 6.45) is 0.376. The molecule has 0 fully saturated rings. The largest absolute Gasteiger partial charge is 0.454 e. The van der Waals surface area contributed by atoms with Crippen LogP contribution < -0.4 is 20.1 Å². The van der Waals surface area contributed by atoms with Crippen LogP contribution in [0.2, 0.25) is 0 Å². The third-order valence-corrected chi connectivity index (χ3v) is 3.98. The number of urea groups is 1. The zero-order valence-electron chi connectivity index (χ0n) is 16.0. The number of amides is 3. The molecule has 0 saturated heterocycles. The maximum atomic E-state index is 12.2. The molecule has 2 N–H and O–H groups in total. The van der Waals surface area contributed by atoms with Crippen molar-refractivity contribution in [3.8, 4) is 11.5 Å². The van der Waals surface area contributed by atoms with Crippen molar-refractivity contribution in [2.75, 3.05) is 20.4 Å². The van der Waals surface area contributed by atoms with E-state index >= 15 is 0 Å². The van der Waals surface area contributed by atoms with Crippen LogP contribution in [0.15, 0.2) is 22.7 Å². The molecule has 1 aliphatic rings. The van der Waals surface area contributed by atoms with Crippen LogP contribution in [0.5, 0.6) is 11.5 Å². The van der Waals surface area contributed by atoms with Gasteiger partial charge in [0.2, 0.25) is 6.79 Å². The predicted octanol–water partition coefficient (Wildman–Crippen LogP) is 1.32. The second-order valence-electron chi connectivity index (χ2n) is 6.66. The van der Waals surface area contributed by atoms with E-state index in [1.165, 1.54) is 4.90 Å². The van der Waals surface area contributed by atoms with E-state index in [1.54, 1.807) is 19.2 Å². The maximum absolute atomic E-state index is 12.2. The van der Waals surface area contributed by atoms with Gasteiger partial charge < -0.3 is 29.5 Å². The summed E-state index contributed by atoms with van der Waals surface area (Å²) in [5.41, 5.74) is 0.857. The third-order valence-electron chi connectivity index (χ3n) is 3.98. The van der Waals surface area contributed by atoms with Gasteiger partial charge in [0.15, 0.2) is 17.3 Å². The van der Waals surface area contributed by atoms with Crippen LogP contribution >= 0.6 is 0 Å². The Bertz CT molecular complexity index is 851. The first kappa shape index (κ1) is 19.5. The summed E-state index contributed by atoms with van der Waals surface area (Å²) in [6.45, 7) is 4.66. The number of carbonyl (C=O) groups excluding carboxylic acids is 2. The van der Waals surface area contributed by atoms with Crippen LogP contribution in [0.4, 0.5) is 4.79 Å². The number of carbonyl (C=O) groups is 2. The Balaban J connectivity index is 1.48. The van der Waals surface area contributed by atoms with Crippen molar-refractivity contribution < 1.29 is 23.6 Å². The van der Waals surface area contributed by atoms with E-state index in [2.05, 4.69) is 20.8 Å². The number of rotatable bonds is 7. The second kappa shape index (κ2) is 8.59. The van der Waals surface area contributed by atoms with Gasteiger partial charge in [-0.05, 0) is 31.5 Å². The summed E-state index contributed by atoms with van der Waals surface area (Å²) in [4.78, 5) is 29.6. The molecule has 2 heterocycles. The smallest absolute Gasteiger partial charge is 0.317 e. The fraction of sp³-hybridized carbons (Fsp3) is 0.444. The van der Waals surface area contributed by atoms with Gasteiger partial charge in [-0.15, -0.1) is 0 Å². The van der Waals surface area contributed by atoms with Crippen molar-refractivity contribution in [3.63, 3.8) is 0 Å². The molecule has 0 spiro atoms.